The van der Waals surface area contributed by atoms with Crippen molar-refractivity contribution in [2.75, 3.05) is 31.1 Å². The number of pyridine rings is 1. The number of halogens is 2. The summed E-state index contributed by atoms with van der Waals surface area (Å²) >= 11 is 7.51. The number of hydrogen-bond donors (Lipinski definition) is 0. The smallest absolute Gasteiger partial charge is 0.259 e. The molecule has 1 saturated heterocycles. The van der Waals surface area contributed by atoms with Crippen molar-refractivity contribution in [2.24, 2.45) is 0 Å². The number of rotatable bonds is 3. The minimum Gasteiger partial charge on any atom is -0.345 e. The van der Waals surface area contributed by atoms with Crippen molar-refractivity contribution in [2.45, 2.75) is 18.9 Å². The largest absolute Gasteiger partial charge is 0.345 e. The summed E-state index contributed by atoms with van der Waals surface area (Å²) in [7, 11) is 0. The van der Waals surface area contributed by atoms with E-state index in [9.17, 15) is 14.0 Å². The van der Waals surface area contributed by atoms with Gasteiger partial charge in [-0.2, -0.15) is 0 Å². The molecule has 0 unspecified atom stereocenters. The first kappa shape index (κ1) is 18.6. The lowest BCUT2D eigenvalue weighted by molar-refractivity contribution is 0.0745. The van der Waals surface area contributed by atoms with Gasteiger partial charge in [0.05, 0.1) is 10.5 Å². The Morgan fingerprint density at radius 1 is 1.21 bits per heavy atom. The lowest BCUT2D eigenvalue weighted by Crippen LogP contribution is -2.49. The zero-order valence-electron chi connectivity index (χ0n) is 15.5. The monoisotopic (exact) mass is 432 g/mol. The molecule has 9 heteroatoms. The van der Waals surface area contributed by atoms with Crippen LogP contribution in [0, 0.1) is 5.82 Å². The lowest BCUT2D eigenvalue weighted by Gasteiger charge is -2.34. The van der Waals surface area contributed by atoms with E-state index in [1.165, 1.54) is 6.07 Å². The second-order valence-electron chi connectivity index (χ2n) is 7.39. The highest BCUT2D eigenvalue weighted by atomic mass is 35.5. The van der Waals surface area contributed by atoms with Gasteiger partial charge in [0.2, 0.25) is 5.43 Å². The molecule has 0 spiro atoms. The molecule has 2 aliphatic rings. The standard InChI is InChI=1S/C20H18ClFN4O2S/c21-15-10-17-13(9-16(15)22)18(27)14(11-26(17)12-1-2-12)19(28)24-4-6-25(7-5-24)20-23-3-8-29-20/h3,8-12H,1-2,4-7H2. The minimum atomic E-state index is -0.653. The zero-order chi connectivity index (χ0) is 20.1. The van der Waals surface area contributed by atoms with Crippen molar-refractivity contribution in [1.29, 1.82) is 0 Å². The van der Waals surface area contributed by atoms with E-state index in [0.717, 1.165) is 24.0 Å². The fourth-order valence-corrected chi connectivity index (χ4v) is 4.65. The molecular formula is C20H18ClFN4O2S. The lowest BCUT2D eigenvalue weighted by atomic mass is 10.1. The van der Waals surface area contributed by atoms with Crippen molar-refractivity contribution >= 4 is 44.9 Å². The molecule has 0 radical (unpaired) electrons. The molecule has 2 fully saturated rings. The maximum Gasteiger partial charge on any atom is 0.259 e. The Hall–Kier alpha value is -2.45. The van der Waals surface area contributed by atoms with Crippen LogP contribution in [-0.4, -0.2) is 46.5 Å². The number of piperazine rings is 1. The highest BCUT2D eigenvalue weighted by Gasteiger charge is 2.30. The van der Waals surface area contributed by atoms with Crippen LogP contribution in [0.2, 0.25) is 5.02 Å². The van der Waals surface area contributed by atoms with E-state index in [1.54, 1.807) is 28.6 Å². The summed E-state index contributed by atoms with van der Waals surface area (Å²) in [6.07, 6.45) is 5.32. The Kier molecular flexibility index (Phi) is 4.55. The van der Waals surface area contributed by atoms with E-state index >= 15 is 0 Å². The highest BCUT2D eigenvalue weighted by molar-refractivity contribution is 7.13. The minimum absolute atomic E-state index is 0.0244. The third-order valence-corrected chi connectivity index (χ3v) is 6.62. The molecule has 0 atom stereocenters. The summed E-state index contributed by atoms with van der Waals surface area (Å²) < 4.78 is 16.0. The number of aromatic nitrogens is 2. The van der Waals surface area contributed by atoms with E-state index in [4.69, 9.17) is 11.6 Å². The van der Waals surface area contributed by atoms with Crippen LogP contribution in [0.5, 0.6) is 0 Å². The summed E-state index contributed by atoms with van der Waals surface area (Å²) in [5, 5.41) is 3.04. The van der Waals surface area contributed by atoms with Gasteiger partial charge in [0.1, 0.15) is 11.4 Å². The van der Waals surface area contributed by atoms with E-state index in [2.05, 4.69) is 9.88 Å². The van der Waals surface area contributed by atoms with Gasteiger partial charge in [-0.15, -0.1) is 11.3 Å². The summed E-state index contributed by atoms with van der Waals surface area (Å²) in [6.45, 7) is 2.34. The first-order chi connectivity index (χ1) is 14.0. The molecule has 1 amide bonds. The number of fused-ring (bicyclic) bond motifs is 1. The van der Waals surface area contributed by atoms with Gasteiger partial charge in [-0.05, 0) is 25.0 Å². The Bertz CT molecular complexity index is 1150. The molecule has 6 nitrogen and oxygen atoms in total. The average molecular weight is 433 g/mol. The fourth-order valence-electron chi connectivity index (χ4n) is 3.79. The van der Waals surface area contributed by atoms with Gasteiger partial charge >= 0.3 is 0 Å². The number of amides is 1. The summed E-state index contributed by atoms with van der Waals surface area (Å²) in [4.78, 5) is 34.3. The van der Waals surface area contributed by atoms with E-state index in [1.807, 2.05) is 9.95 Å². The van der Waals surface area contributed by atoms with Crippen LogP contribution in [0.1, 0.15) is 29.2 Å². The Balaban J connectivity index is 1.48. The van der Waals surface area contributed by atoms with Crippen molar-refractivity contribution in [3.8, 4) is 0 Å². The van der Waals surface area contributed by atoms with Gasteiger partial charge < -0.3 is 14.4 Å². The molecule has 29 heavy (non-hydrogen) atoms. The number of hydrogen-bond acceptors (Lipinski definition) is 5. The van der Waals surface area contributed by atoms with Crippen LogP contribution >= 0.6 is 22.9 Å². The maximum atomic E-state index is 14.1. The third-order valence-electron chi connectivity index (χ3n) is 5.50. The normalized spacial score (nSPS) is 17.2. The van der Waals surface area contributed by atoms with Crippen molar-refractivity contribution < 1.29 is 9.18 Å². The number of thiazole rings is 1. The van der Waals surface area contributed by atoms with Crippen LogP contribution in [0.25, 0.3) is 10.9 Å². The second kappa shape index (κ2) is 7.11. The molecule has 3 aromatic rings. The van der Waals surface area contributed by atoms with E-state index < -0.39 is 11.2 Å². The Labute approximate surface area is 175 Å². The number of anilines is 1. The van der Waals surface area contributed by atoms with E-state index in [0.29, 0.717) is 31.7 Å². The molecule has 2 aromatic heterocycles. The van der Waals surface area contributed by atoms with Gasteiger partial charge in [0.15, 0.2) is 5.13 Å². The number of benzene rings is 1. The third kappa shape index (κ3) is 3.30. The molecule has 0 bridgehead atoms. The first-order valence-electron chi connectivity index (χ1n) is 9.50. The van der Waals surface area contributed by atoms with Crippen LogP contribution < -0.4 is 10.3 Å². The van der Waals surface area contributed by atoms with Gasteiger partial charge in [-0.3, -0.25) is 9.59 Å². The van der Waals surface area contributed by atoms with Crippen molar-refractivity contribution in [1.82, 2.24) is 14.5 Å². The van der Waals surface area contributed by atoms with Crippen LogP contribution in [-0.2, 0) is 0 Å². The molecule has 1 aromatic carbocycles. The Morgan fingerprint density at radius 2 is 1.97 bits per heavy atom. The quantitative estimate of drug-likeness (QED) is 0.635. The van der Waals surface area contributed by atoms with Gasteiger partial charge in [-0.25, -0.2) is 9.37 Å². The molecular weight excluding hydrogens is 415 g/mol. The predicted octanol–water partition coefficient (Wildman–Crippen LogP) is 3.55. The second-order valence-corrected chi connectivity index (χ2v) is 8.67. The molecule has 1 saturated carbocycles. The van der Waals surface area contributed by atoms with Crippen LogP contribution in [0.15, 0.2) is 34.7 Å². The Morgan fingerprint density at radius 3 is 2.62 bits per heavy atom. The zero-order valence-corrected chi connectivity index (χ0v) is 17.0. The molecule has 3 heterocycles. The van der Waals surface area contributed by atoms with Crippen molar-refractivity contribution in [3.63, 3.8) is 0 Å². The summed E-state index contributed by atoms with van der Waals surface area (Å²) in [6, 6.07) is 2.84. The molecule has 1 aliphatic heterocycles. The number of nitrogens with zero attached hydrogens (tertiary/aromatic N) is 4. The van der Waals surface area contributed by atoms with Crippen LogP contribution in [0.4, 0.5) is 9.52 Å². The average Bonchev–Trinajstić information content (AvgIpc) is 3.42. The van der Waals surface area contributed by atoms with Crippen LogP contribution in [0.3, 0.4) is 0 Å². The molecule has 0 N–H and O–H groups in total. The summed E-state index contributed by atoms with van der Waals surface area (Å²) in [5.41, 5.74) is 0.225. The van der Waals surface area contributed by atoms with Gasteiger partial charge in [-0.1, -0.05) is 11.6 Å². The first-order valence-corrected chi connectivity index (χ1v) is 10.8. The SMILES string of the molecule is O=C(c1cn(C2CC2)c2cc(Cl)c(F)cc2c1=O)N1CCN(c2nccs2)CC1. The van der Waals surface area contributed by atoms with Crippen molar-refractivity contribution in [3.05, 3.63) is 56.5 Å². The fraction of sp³-hybridized carbons (Fsp3) is 0.350. The number of carbonyl (C=O) groups is 1. The highest BCUT2D eigenvalue weighted by Crippen LogP contribution is 2.37. The summed E-state index contributed by atoms with van der Waals surface area (Å²) in [5.74, 6) is -0.958. The molecule has 1 aliphatic carbocycles. The van der Waals surface area contributed by atoms with E-state index in [-0.39, 0.29) is 27.9 Å². The number of carbonyl (C=O) groups excluding carboxylic acids is 1. The topological polar surface area (TPSA) is 58.4 Å². The maximum absolute atomic E-state index is 14.1. The molecule has 150 valence electrons. The molecule has 5 rings (SSSR count). The van der Waals surface area contributed by atoms with Gasteiger partial charge in [0.25, 0.3) is 5.91 Å². The predicted molar refractivity (Wildman–Crippen MR) is 112 cm³/mol. The van der Waals surface area contributed by atoms with Gasteiger partial charge in [0, 0.05) is 55.4 Å².